The van der Waals surface area contributed by atoms with Crippen molar-refractivity contribution in [3.8, 4) is 17.3 Å². The molecule has 1 atom stereocenters. The van der Waals surface area contributed by atoms with Gasteiger partial charge in [0.25, 0.3) is 0 Å². The van der Waals surface area contributed by atoms with Crippen LogP contribution in [-0.4, -0.2) is 65.5 Å². The fourth-order valence-electron chi connectivity index (χ4n) is 4.01. The Hall–Kier alpha value is -3.84. The Morgan fingerprint density at radius 1 is 1.06 bits per heavy atom. The number of pyridine rings is 2. The number of nitrogens with one attached hydrogen (secondary N) is 1. The molecule has 5 rings (SSSR count). The third-order valence-corrected chi connectivity index (χ3v) is 5.71. The van der Waals surface area contributed by atoms with Crippen LogP contribution in [0, 0.1) is 11.3 Å². The van der Waals surface area contributed by atoms with Crippen molar-refractivity contribution in [3.05, 3.63) is 48.4 Å². The molecule has 0 unspecified atom stereocenters. The van der Waals surface area contributed by atoms with Crippen molar-refractivity contribution in [1.82, 2.24) is 19.9 Å². The predicted molar refractivity (Wildman–Crippen MR) is 122 cm³/mol. The lowest BCUT2D eigenvalue weighted by atomic mass is 10.1. The monoisotopic (exact) mass is 446 g/mol. The summed E-state index contributed by atoms with van der Waals surface area (Å²) in [4.78, 5) is 21.8. The second-order valence-electron chi connectivity index (χ2n) is 7.93. The van der Waals surface area contributed by atoms with Crippen molar-refractivity contribution in [3.63, 3.8) is 0 Å². The topological polar surface area (TPSA) is 103 Å². The highest BCUT2D eigenvalue weighted by molar-refractivity contribution is 5.67. The Morgan fingerprint density at radius 3 is 2.70 bits per heavy atom. The van der Waals surface area contributed by atoms with Crippen LogP contribution >= 0.6 is 0 Å². The van der Waals surface area contributed by atoms with Crippen molar-refractivity contribution in [1.29, 1.82) is 5.26 Å². The number of nitrogens with zero attached hydrogens (tertiary/aromatic N) is 7. The molecule has 0 bridgehead atoms. The van der Waals surface area contributed by atoms with Gasteiger partial charge < -0.3 is 19.9 Å². The van der Waals surface area contributed by atoms with E-state index in [1.54, 1.807) is 30.7 Å². The van der Waals surface area contributed by atoms with E-state index in [0.717, 1.165) is 24.6 Å². The lowest BCUT2D eigenvalue weighted by Gasteiger charge is -2.28. The second-order valence-corrected chi connectivity index (χ2v) is 7.93. The third-order valence-electron chi connectivity index (χ3n) is 5.71. The van der Waals surface area contributed by atoms with E-state index in [9.17, 15) is 9.65 Å². The van der Waals surface area contributed by atoms with Gasteiger partial charge in [-0.15, -0.1) is 0 Å². The summed E-state index contributed by atoms with van der Waals surface area (Å²) in [6, 6.07) is 9.51. The molecule has 2 saturated heterocycles. The molecule has 2 fully saturated rings. The summed E-state index contributed by atoms with van der Waals surface area (Å²) in [6.07, 6.45) is 4.64. The standard InChI is InChI=1S/C23H23FN8O/c24-18-3-6-32(15-18)22-16(13-25)11-17(14-28-22)20-2-5-27-23(30-20)29-19-1-4-26-21(12-19)31-7-9-33-10-8-31/h1-2,4-5,11-12,14,18H,3,6-10,15H2,(H,26,27,29,30)/t18-/m0/s1. The first-order valence-corrected chi connectivity index (χ1v) is 10.9. The first-order chi connectivity index (χ1) is 16.2. The second kappa shape index (κ2) is 9.34. The average Bonchev–Trinajstić information content (AvgIpc) is 3.30. The Kier molecular flexibility index (Phi) is 5.95. The number of morpholine rings is 1. The van der Waals surface area contributed by atoms with Gasteiger partial charge in [0.15, 0.2) is 0 Å². The zero-order valence-corrected chi connectivity index (χ0v) is 18.0. The van der Waals surface area contributed by atoms with E-state index in [1.165, 1.54) is 0 Å². The fourth-order valence-corrected chi connectivity index (χ4v) is 4.01. The van der Waals surface area contributed by atoms with Crippen molar-refractivity contribution in [2.24, 2.45) is 0 Å². The van der Waals surface area contributed by atoms with E-state index in [-0.39, 0.29) is 6.54 Å². The maximum absolute atomic E-state index is 13.6. The molecule has 168 valence electrons. The van der Waals surface area contributed by atoms with Crippen LogP contribution in [0.25, 0.3) is 11.3 Å². The van der Waals surface area contributed by atoms with E-state index >= 15 is 0 Å². The van der Waals surface area contributed by atoms with Gasteiger partial charge in [0.2, 0.25) is 5.95 Å². The van der Waals surface area contributed by atoms with E-state index in [4.69, 9.17) is 4.74 Å². The van der Waals surface area contributed by atoms with Crippen molar-refractivity contribution >= 4 is 23.3 Å². The smallest absolute Gasteiger partial charge is 0.227 e. The summed E-state index contributed by atoms with van der Waals surface area (Å²) in [7, 11) is 0. The van der Waals surface area contributed by atoms with Gasteiger partial charge in [-0.3, -0.25) is 0 Å². The lowest BCUT2D eigenvalue weighted by molar-refractivity contribution is 0.122. The Morgan fingerprint density at radius 2 is 1.91 bits per heavy atom. The fraction of sp³-hybridized carbons (Fsp3) is 0.348. The van der Waals surface area contributed by atoms with Gasteiger partial charge in [-0.1, -0.05) is 0 Å². The number of ether oxygens (including phenoxy) is 1. The lowest BCUT2D eigenvalue weighted by Crippen LogP contribution is -2.36. The summed E-state index contributed by atoms with van der Waals surface area (Å²) in [6.45, 7) is 3.80. The van der Waals surface area contributed by atoms with Gasteiger partial charge in [0.1, 0.15) is 23.9 Å². The number of alkyl halides is 1. The molecule has 0 amide bonds. The van der Waals surface area contributed by atoms with Crippen LogP contribution in [-0.2, 0) is 4.74 Å². The molecule has 3 aromatic rings. The van der Waals surface area contributed by atoms with Crippen LogP contribution in [0.2, 0.25) is 0 Å². The zero-order valence-electron chi connectivity index (χ0n) is 18.0. The molecular formula is C23H23FN8O. The minimum atomic E-state index is -0.884. The van der Waals surface area contributed by atoms with E-state index in [1.807, 2.05) is 17.0 Å². The van der Waals surface area contributed by atoms with Crippen LogP contribution in [0.3, 0.4) is 0 Å². The number of nitriles is 1. The van der Waals surface area contributed by atoms with E-state index < -0.39 is 6.17 Å². The molecule has 9 nitrogen and oxygen atoms in total. The summed E-state index contributed by atoms with van der Waals surface area (Å²) in [5, 5.41) is 12.9. The number of hydrogen-bond donors (Lipinski definition) is 1. The molecule has 33 heavy (non-hydrogen) atoms. The zero-order chi connectivity index (χ0) is 22.6. The normalized spacial score (nSPS) is 18.2. The molecule has 10 heteroatoms. The minimum absolute atomic E-state index is 0.265. The Labute approximate surface area is 190 Å². The van der Waals surface area contributed by atoms with Gasteiger partial charge in [-0.25, -0.2) is 24.3 Å². The van der Waals surface area contributed by atoms with E-state index in [0.29, 0.717) is 54.8 Å². The van der Waals surface area contributed by atoms with Crippen LogP contribution in [0.1, 0.15) is 12.0 Å². The largest absolute Gasteiger partial charge is 0.378 e. The van der Waals surface area contributed by atoms with Gasteiger partial charge in [0, 0.05) is 55.5 Å². The minimum Gasteiger partial charge on any atom is -0.378 e. The van der Waals surface area contributed by atoms with Gasteiger partial charge in [-0.05, 0) is 24.6 Å². The van der Waals surface area contributed by atoms with Crippen molar-refractivity contribution in [2.75, 3.05) is 54.5 Å². The maximum Gasteiger partial charge on any atom is 0.227 e. The molecule has 3 aromatic heterocycles. The van der Waals surface area contributed by atoms with Crippen LogP contribution < -0.4 is 15.1 Å². The van der Waals surface area contributed by atoms with Crippen LogP contribution in [0.5, 0.6) is 0 Å². The molecule has 0 aromatic carbocycles. The maximum atomic E-state index is 13.6. The van der Waals surface area contributed by atoms with Gasteiger partial charge in [0.05, 0.1) is 31.0 Å². The number of halogens is 1. The van der Waals surface area contributed by atoms with Gasteiger partial charge >= 0.3 is 0 Å². The highest BCUT2D eigenvalue weighted by Gasteiger charge is 2.25. The molecular weight excluding hydrogens is 423 g/mol. The number of hydrogen-bond acceptors (Lipinski definition) is 9. The molecule has 0 saturated carbocycles. The first kappa shape index (κ1) is 21.0. The summed E-state index contributed by atoms with van der Waals surface area (Å²) in [5.41, 5.74) is 2.56. The van der Waals surface area contributed by atoms with Gasteiger partial charge in [-0.2, -0.15) is 5.26 Å². The Balaban J connectivity index is 1.36. The summed E-state index contributed by atoms with van der Waals surface area (Å²) in [5.74, 6) is 1.81. The average molecular weight is 446 g/mol. The molecule has 2 aliphatic rings. The number of rotatable bonds is 5. The molecule has 0 aliphatic carbocycles. The van der Waals surface area contributed by atoms with Crippen molar-refractivity contribution in [2.45, 2.75) is 12.6 Å². The highest BCUT2D eigenvalue weighted by atomic mass is 19.1. The van der Waals surface area contributed by atoms with E-state index in [2.05, 4.69) is 36.2 Å². The third kappa shape index (κ3) is 4.68. The molecule has 2 aliphatic heterocycles. The summed E-state index contributed by atoms with van der Waals surface area (Å²) >= 11 is 0. The highest BCUT2D eigenvalue weighted by Crippen LogP contribution is 2.28. The van der Waals surface area contributed by atoms with Crippen LogP contribution in [0.15, 0.2) is 42.9 Å². The van der Waals surface area contributed by atoms with Crippen LogP contribution in [0.4, 0.5) is 27.7 Å². The molecule has 1 N–H and O–H groups in total. The molecule has 0 radical (unpaired) electrons. The quantitative estimate of drug-likeness (QED) is 0.633. The molecule has 0 spiro atoms. The summed E-state index contributed by atoms with van der Waals surface area (Å²) < 4.78 is 19.0. The van der Waals surface area contributed by atoms with Crippen molar-refractivity contribution < 1.29 is 9.13 Å². The Bertz CT molecular complexity index is 1180. The first-order valence-electron chi connectivity index (χ1n) is 10.9. The SMILES string of the molecule is N#Cc1cc(-c2ccnc(Nc3ccnc(N4CCOCC4)c3)n2)cnc1N1CC[C@H](F)C1. The predicted octanol–water partition coefficient (Wildman–Crippen LogP) is 2.93. The molecule has 5 heterocycles. The number of aromatic nitrogens is 4. The number of anilines is 4.